The second-order valence-electron chi connectivity index (χ2n) is 6.47. The van der Waals surface area contributed by atoms with Crippen LogP contribution in [-0.4, -0.2) is 32.2 Å². The summed E-state index contributed by atoms with van der Waals surface area (Å²) < 4.78 is 11.4. The van der Waals surface area contributed by atoms with E-state index >= 15 is 0 Å². The van der Waals surface area contributed by atoms with E-state index in [1.54, 1.807) is 14.2 Å². The number of rotatable bonds is 4. The Kier molecular flexibility index (Phi) is 3.81. The lowest BCUT2D eigenvalue weighted by Crippen LogP contribution is -2.38. The van der Waals surface area contributed by atoms with Crippen molar-refractivity contribution in [3.63, 3.8) is 0 Å². The van der Waals surface area contributed by atoms with E-state index in [9.17, 15) is 0 Å². The lowest BCUT2D eigenvalue weighted by atomic mass is 9.76. The van der Waals surface area contributed by atoms with Gasteiger partial charge >= 0.3 is 0 Å². The quantitative estimate of drug-likeness (QED) is 0.794. The van der Waals surface area contributed by atoms with Crippen LogP contribution in [0.5, 0.6) is 11.5 Å². The molecule has 1 atom stereocenters. The van der Waals surface area contributed by atoms with E-state index in [1.165, 1.54) is 27.8 Å². The molecule has 124 valence electrons. The first kappa shape index (κ1) is 15.3. The fourth-order valence-corrected chi connectivity index (χ4v) is 4.29. The van der Waals surface area contributed by atoms with Gasteiger partial charge in [0.2, 0.25) is 0 Å². The maximum absolute atomic E-state index is 5.79. The molecule has 2 aromatic carbocycles. The largest absolute Gasteiger partial charge is 0.493 e. The Hall–Kier alpha value is -2.26. The summed E-state index contributed by atoms with van der Waals surface area (Å²) in [7, 11) is 3.45. The highest BCUT2D eigenvalue weighted by Gasteiger charge is 2.36. The van der Waals surface area contributed by atoms with Gasteiger partial charge in [0.05, 0.1) is 14.2 Å². The van der Waals surface area contributed by atoms with Crippen molar-refractivity contribution in [3.8, 4) is 22.6 Å². The number of nitrogens with zero attached hydrogens (tertiary/aromatic N) is 1. The Morgan fingerprint density at radius 3 is 2.79 bits per heavy atom. The predicted molar refractivity (Wildman–Crippen MR) is 96.9 cm³/mol. The zero-order chi connectivity index (χ0) is 16.7. The van der Waals surface area contributed by atoms with Gasteiger partial charge in [-0.25, -0.2) is 0 Å². The van der Waals surface area contributed by atoms with Crippen LogP contribution in [0.15, 0.2) is 43.0 Å². The zero-order valence-electron chi connectivity index (χ0n) is 14.3. The summed E-state index contributed by atoms with van der Waals surface area (Å²) in [6.45, 7) is 5.91. The molecule has 24 heavy (non-hydrogen) atoms. The van der Waals surface area contributed by atoms with Crippen molar-refractivity contribution in [1.82, 2.24) is 4.90 Å². The van der Waals surface area contributed by atoms with Crippen molar-refractivity contribution in [1.29, 1.82) is 0 Å². The highest BCUT2D eigenvalue weighted by molar-refractivity contribution is 5.83. The van der Waals surface area contributed by atoms with Crippen LogP contribution in [0.4, 0.5) is 0 Å². The zero-order valence-corrected chi connectivity index (χ0v) is 14.3. The van der Waals surface area contributed by atoms with Crippen LogP contribution >= 0.6 is 0 Å². The van der Waals surface area contributed by atoms with Crippen LogP contribution in [0.2, 0.25) is 0 Å². The Morgan fingerprint density at radius 1 is 1.21 bits per heavy atom. The molecule has 1 heterocycles. The van der Waals surface area contributed by atoms with E-state index in [2.05, 4.69) is 41.8 Å². The second-order valence-corrected chi connectivity index (χ2v) is 6.47. The van der Waals surface area contributed by atoms with Gasteiger partial charge in [0, 0.05) is 24.7 Å². The van der Waals surface area contributed by atoms with Gasteiger partial charge < -0.3 is 9.47 Å². The number of methoxy groups -OCH3 is 2. The maximum Gasteiger partial charge on any atom is 0.168 e. The molecule has 0 N–H and O–H groups in total. The SMILES string of the molecule is C=CCN1CCc2cc(OC)c(OC)c3c2[C@H]1Cc1ccccc1-3. The van der Waals surface area contributed by atoms with Gasteiger partial charge in [-0.1, -0.05) is 30.3 Å². The van der Waals surface area contributed by atoms with Crippen LogP contribution in [0.25, 0.3) is 11.1 Å². The summed E-state index contributed by atoms with van der Waals surface area (Å²) in [5.41, 5.74) is 6.68. The molecule has 0 unspecified atom stereocenters. The molecule has 0 fully saturated rings. The van der Waals surface area contributed by atoms with E-state index in [4.69, 9.17) is 9.47 Å². The molecule has 0 saturated heterocycles. The first-order chi connectivity index (χ1) is 11.8. The standard InChI is InChI=1S/C21H23NO2/c1-4-10-22-11-9-15-13-18(23-2)21(24-3)20-16-8-6-5-7-14(16)12-17(22)19(15)20/h4-8,13,17H,1,9-12H2,2-3H3/t17-/m1/s1. The molecule has 1 aliphatic carbocycles. The van der Waals surface area contributed by atoms with Crippen LogP contribution in [0, 0.1) is 0 Å². The lowest BCUT2D eigenvalue weighted by molar-refractivity contribution is 0.202. The molecule has 0 radical (unpaired) electrons. The average molecular weight is 321 g/mol. The van der Waals surface area contributed by atoms with Gasteiger partial charge in [0.1, 0.15) is 0 Å². The molecule has 0 bridgehead atoms. The van der Waals surface area contributed by atoms with Crippen molar-refractivity contribution >= 4 is 0 Å². The van der Waals surface area contributed by atoms with Crippen molar-refractivity contribution in [2.45, 2.75) is 18.9 Å². The molecule has 1 aliphatic heterocycles. The normalized spacial score (nSPS) is 18.5. The van der Waals surface area contributed by atoms with Crippen LogP contribution in [0.3, 0.4) is 0 Å². The smallest absolute Gasteiger partial charge is 0.168 e. The van der Waals surface area contributed by atoms with E-state index < -0.39 is 0 Å². The molecule has 2 aliphatic rings. The topological polar surface area (TPSA) is 21.7 Å². The van der Waals surface area contributed by atoms with Gasteiger partial charge in [0.15, 0.2) is 11.5 Å². The monoisotopic (exact) mass is 321 g/mol. The van der Waals surface area contributed by atoms with E-state index in [1.807, 2.05) is 6.08 Å². The first-order valence-electron chi connectivity index (χ1n) is 8.49. The third-order valence-corrected chi connectivity index (χ3v) is 5.30. The van der Waals surface area contributed by atoms with Crippen molar-refractivity contribution < 1.29 is 9.47 Å². The first-order valence-corrected chi connectivity index (χ1v) is 8.49. The van der Waals surface area contributed by atoms with Gasteiger partial charge in [-0.05, 0) is 41.2 Å². The number of hydrogen-bond acceptors (Lipinski definition) is 3. The molecular weight excluding hydrogens is 298 g/mol. The number of fused-ring (bicyclic) bond motifs is 2. The number of hydrogen-bond donors (Lipinski definition) is 0. The minimum Gasteiger partial charge on any atom is -0.493 e. The summed E-state index contributed by atoms with van der Waals surface area (Å²) in [5, 5.41) is 0. The molecular formula is C21H23NO2. The summed E-state index contributed by atoms with van der Waals surface area (Å²) in [5.74, 6) is 1.69. The minimum absolute atomic E-state index is 0.386. The summed E-state index contributed by atoms with van der Waals surface area (Å²) >= 11 is 0. The van der Waals surface area contributed by atoms with Crippen molar-refractivity contribution in [2.24, 2.45) is 0 Å². The van der Waals surface area contributed by atoms with Crippen molar-refractivity contribution in [3.05, 3.63) is 59.7 Å². The number of benzene rings is 2. The van der Waals surface area contributed by atoms with E-state index in [-0.39, 0.29) is 0 Å². The van der Waals surface area contributed by atoms with Crippen LogP contribution in [0.1, 0.15) is 22.7 Å². The molecule has 0 spiro atoms. The molecule has 3 nitrogen and oxygen atoms in total. The van der Waals surface area contributed by atoms with Gasteiger partial charge in [-0.2, -0.15) is 0 Å². The van der Waals surface area contributed by atoms with E-state index in [0.29, 0.717) is 6.04 Å². The fraction of sp³-hybridized carbons (Fsp3) is 0.333. The molecule has 3 heteroatoms. The third kappa shape index (κ3) is 2.15. The predicted octanol–water partition coefficient (Wildman–Crippen LogP) is 4.01. The second kappa shape index (κ2) is 5.99. The third-order valence-electron chi connectivity index (χ3n) is 5.30. The highest BCUT2D eigenvalue weighted by Crippen LogP contribution is 2.52. The Labute approximate surface area is 143 Å². The lowest BCUT2D eigenvalue weighted by Gasteiger charge is -2.42. The minimum atomic E-state index is 0.386. The van der Waals surface area contributed by atoms with Crippen LogP contribution in [-0.2, 0) is 12.8 Å². The summed E-state index contributed by atoms with van der Waals surface area (Å²) in [4.78, 5) is 2.53. The molecule has 0 amide bonds. The van der Waals surface area contributed by atoms with E-state index in [0.717, 1.165) is 37.4 Å². The van der Waals surface area contributed by atoms with Gasteiger partial charge in [-0.3, -0.25) is 4.90 Å². The molecule has 2 aromatic rings. The molecule has 4 rings (SSSR count). The summed E-state index contributed by atoms with van der Waals surface area (Å²) in [6.07, 6.45) is 4.08. The van der Waals surface area contributed by atoms with Gasteiger partial charge in [-0.15, -0.1) is 6.58 Å². The Morgan fingerprint density at radius 2 is 2.04 bits per heavy atom. The summed E-state index contributed by atoms with van der Waals surface area (Å²) in [6, 6.07) is 11.2. The Bertz CT molecular complexity index is 797. The van der Waals surface area contributed by atoms with Crippen molar-refractivity contribution in [2.75, 3.05) is 27.3 Å². The maximum atomic E-state index is 5.79. The molecule has 0 saturated carbocycles. The van der Waals surface area contributed by atoms with Gasteiger partial charge in [0.25, 0.3) is 0 Å². The fourth-order valence-electron chi connectivity index (χ4n) is 4.29. The highest BCUT2D eigenvalue weighted by atomic mass is 16.5. The average Bonchev–Trinajstić information content (AvgIpc) is 2.63. The molecule has 0 aromatic heterocycles. The Balaban J connectivity index is 2.02. The number of ether oxygens (including phenoxy) is 2. The van der Waals surface area contributed by atoms with Crippen LogP contribution < -0.4 is 9.47 Å².